The summed E-state index contributed by atoms with van der Waals surface area (Å²) in [6, 6.07) is -0.491. The highest BCUT2D eigenvalue weighted by molar-refractivity contribution is 5.81. The highest BCUT2D eigenvalue weighted by atomic mass is 16.5. The maximum absolute atomic E-state index is 11.8. The number of likely N-dealkylation sites (N-methyl/N-ethyl adjacent to an activating group) is 1. The highest BCUT2D eigenvalue weighted by Crippen LogP contribution is 2.02. The lowest BCUT2D eigenvalue weighted by Gasteiger charge is -2.22. The Morgan fingerprint density at radius 1 is 1.37 bits per heavy atom. The SMILES string of the molecule is CCN(CC(=O)OC)C(=O)NC(C)CCCC(=O)O. The van der Waals surface area contributed by atoms with Gasteiger partial charge in [-0.25, -0.2) is 4.79 Å². The molecule has 110 valence electrons. The molecule has 0 aliphatic carbocycles. The molecule has 19 heavy (non-hydrogen) atoms. The molecule has 1 unspecified atom stereocenters. The fourth-order valence-electron chi connectivity index (χ4n) is 1.48. The Morgan fingerprint density at radius 3 is 2.47 bits per heavy atom. The third-order valence-electron chi connectivity index (χ3n) is 2.61. The number of carbonyl (C=O) groups excluding carboxylic acids is 2. The molecule has 7 heteroatoms. The van der Waals surface area contributed by atoms with Crippen molar-refractivity contribution in [3.05, 3.63) is 0 Å². The zero-order valence-electron chi connectivity index (χ0n) is 11.6. The molecule has 0 radical (unpaired) electrons. The molecular formula is C12H22N2O5. The quantitative estimate of drug-likeness (QED) is 0.639. The molecule has 0 saturated heterocycles. The van der Waals surface area contributed by atoms with Gasteiger partial charge in [-0.1, -0.05) is 0 Å². The molecule has 1 atom stereocenters. The molecule has 0 aromatic carbocycles. The van der Waals surface area contributed by atoms with Gasteiger partial charge in [-0.05, 0) is 26.7 Å². The van der Waals surface area contributed by atoms with Crippen LogP contribution in [0.3, 0.4) is 0 Å². The molecule has 0 rings (SSSR count). The van der Waals surface area contributed by atoms with Crippen molar-refractivity contribution in [3.63, 3.8) is 0 Å². The van der Waals surface area contributed by atoms with E-state index >= 15 is 0 Å². The fraction of sp³-hybridized carbons (Fsp3) is 0.750. The van der Waals surface area contributed by atoms with Crippen molar-refractivity contribution in [1.82, 2.24) is 10.2 Å². The lowest BCUT2D eigenvalue weighted by Crippen LogP contribution is -2.46. The first-order valence-corrected chi connectivity index (χ1v) is 6.24. The minimum absolute atomic E-state index is 0.0832. The number of esters is 1. The lowest BCUT2D eigenvalue weighted by atomic mass is 10.1. The van der Waals surface area contributed by atoms with Crippen molar-refractivity contribution in [3.8, 4) is 0 Å². The number of hydrogen-bond acceptors (Lipinski definition) is 4. The van der Waals surface area contributed by atoms with Crippen LogP contribution in [-0.2, 0) is 14.3 Å². The third kappa shape index (κ3) is 8.01. The average Bonchev–Trinajstić information content (AvgIpc) is 2.34. The number of methoxy groups -OCH3 is 1. The summed E-state index contributed by atoms with van der Waals surface area (Å²) in [7, 11) is 1.27. The number of amides is 2. The van der Waals surface area contributed by atoms with Crippen LogP contribution in [0.1, 0.15) is 33.1 Å². The smallest absolute Gasteiger partial charge is 0.325 e. The van der Waals surface area contributed by atoms with Crippen molar-refractivity contribution < 1.29 is 24.2 Å². The van der Waals surface area contributed by atoms with Crippen LogP contribution >= 0.6 is 0 Å². The summed E-state index contributed by atoms with van der Waals surface area (Å²) in [6.45, 7) is 3.85. The number of carbonyl (C=O) groups is 3. The second kappa shape index (κ2) is 9.18. The molecule has 2 amide bonds. The van der Waals surface area contributed by atoms with Gasteiger partial charge < -0.3 is 20.1 Å². The molecule has 0 aromatic heterocycles. The first-order chi connectivity index (χ1) is 8.90. The van der Waals surface area contributed by atoms with Crippen molar-refractivity contribution in [1.29, 1.82) is 0 Å². The summed E-state index contributed by atoms with van der Waals surface area (Å²) >= 11 is 0. The number of urea groups is 1. The molecule has 0 saturated carbocycles. The summed E-state index contributed by atoms with van der Waals surface area (Å²) in [6.07, 6.45) is 1.16. The molecule has 0 fully saturated rings. The van der Waals surface area contributed by atoms with Gasteiger partial charge in [0, 0.05) is 19.0 Å². The Balaban J connectivity index is 4.10. The average molecular weight is 274 g/mol. The first kappa shape index (κ1) is 17.2. The second-order valence-electron chi connectivity index (χ2n) is 4.23. The minimum Gasteiger partial charge on any atom is -0.481 e. The zero-order chi connectivity index (χ0) is 14.8. The second-order valence-corrected chi connectivity index (χ2v) is 4.23. The van der Waals surface area contributed by atoms with Crippen LogP contribution in [0, 0.1) is 0 Å². The van der Waals surface area contributed by atoms with E-state index in [4.69, 9.17) is 5.11 Å². The maximum Gasteiger partial charge on any atom is 0.325 e. The Labute approximate surface area is 112 Å². The Morgan fingerprint density at radius 2 is 2.00 bits per heavy atom. The van der Waals surface area contributed by atoms with Gasteiger partial charge in [-0.15, -0.1) is 0 Å². The van der Waals surface area contributed by atoms with Crippen molar-refractivity contribution in [2.24, 2.45) is 0 Å². The molecule has 0 aliphatic rings. The fourth-order valence-corrected chi connectivity index (χ4v) is 1.48. The van der Waals surface area contributed by atoms with Crippen molar-refractivity contribution in [2.45, 2.75) is 39.2 Å². The van der Waals surface area contributed by atoms with Crippen LogP contribution in [0.15, 0.2) is 0 Å². The van der Waals surface area contributed by atoms with E-state index in [1.165, 1.54) is 12.0 Å². The number of carboxylic acid groups (broad SMARTS) is 1. The minimum atomic E-state index is -0.848. The number of hydrogen-bond donors (Lipinski definition) is 2. The molecule has 0 aliphatic heterocycles. The molecule has 0 heterocycles. The van der Waals surface area contributed by atoms with Gasteiger partial charge in [0.05, 0.1) is 7.11 Å². The molecule has 0 aromatic rings. The third-order valence-corrected chi connectivity index (χ3v) is 2.61. The molecule has 7 nitrogen and oxygen atoms in total. The van der Waals surface area contributed by atoms with E-state index < -0.39 is 11.9 Å². The van der Waals surface area contributed by atoms with Gasteiger partial charge in [0.1, 0.15) is 6.54 Å². The maximum atomic E-state index is 11.8. The largest absolute Gasteiger partial charge is 0.481 e. The van der Waals surface area contributed by atoms with Gasteiger partial charge in [0.15, 0.2) is 0 Å². The van der Waals surface area contributed by atoms with Crippen molar-refractivity contribution in [2.75, 3.05) is 20.2 Å². The van der Waals surface area contributed by atoms with Crippen LogP contribution in [0.25, 0.3) is 0 Å². The number of rotatable bonds is 8. The van der Waals surface area contributed by atoms with E-state index in [9.17, 15) is 14.4 Å². The van der Waals surface area contributed by atoms with E-state index in [-0.39, 0.29) is 25.0 Å². The molecule has 2 N–H and O–H groups in total. The Bertz CT molecular complexity index is 319. The Kier molecular flexibility index (Phi) is 8.32. The van der Waals surface area contributed by atoms with Gasteiger partial charge >= 0.3 is 18.0 Å². The number of carboxylic acids is 1. The monoisotopic (exact) mass is 274 g/mol. The van der Waals surface area contributed by atoms with Crippen LogP contribution in [0.5, 0.6) is 0 Å². The summed E-state index contributed by atoms with van der Waals surface area (Å²) in [5.41, 5.74) is 0. The standard InChI is InChI=1S/C12H22N2O5/c1-4-14(8-11(17)19-3)12(18)13-9(2)6-5-7-10(15)16/h9H,4-8H2,1-3H3,(H,13,18)(H,15,16). The number of nitrogens with one attached hydrogen (secondary N) is 1. The molecular weight excluding hydrogens is 252 g/mol. The molecule has 0 bridgehead atoms. The van der Waals surface area contributed by atoms with Crippen LogP contribution < -0.4 is 5.32 Å². The number of nitrogens with zero attached hydrogens (tertiary/aromatic N) is 1. The van der Waals surface area contributed by atoms with Gasteiger partial charge in [0.2, 0.25) is 0 Å². The van der Waals surface area contributed by atoms with E-state index in [2.05, 4.69) is 10.1 Å². The van der Waals surface area contributed by atoms with Crippen LogP contribution in [-0.4, -0.2) is 54.2 Å². The van der Waals surface area contributed by atoms with E-state index in [0.29, 0.717) is 19.4 Å². The summed E-state index contributed by atoms with van der Waals surface area (Å²) in [5.74, 6) is -1.32. The van der Waals surface area contributed by atoms with E-state index in [0.717, 1.165) is 0 Å². The number of aliphatic carboxylic acids is 1. The van der Waals surface area contributed by atoms with Crippen molar-refractivity contribution >= 4 is 18.0 Å². The number of ether oxygens (including phenoxy) is 1. The summed E-state index contributed by atoms with van der Waals surface area (Å²) in [4.78, 5) is 34.6. The van der Waals surface area contributed by atoms with Gasteiger partial charge in [-0.2, -0.15) is 0 Å². The summed E-state index contributed by atoms with van der Waals surface area (Å²) in [5, 5.41) is 11.2. The predicted octanol–water partition coefficient (Wildman–Crippen LogP) is 0.834. The van der Waals surface area contributed by atoms with Gasteiger partial charge in [0.25, 0.3) is 0 Å². The zero-order valence-corrected chi connectivity index (χ0v) is 11.6. The Hall–Kier alpha value is -1.79. The van der Waals surface area contributed by atoms with E-state index in [1.807, 2.05) is 0 Å². The lowest BCUT2D eigenvalue weighted by molar-refractivity contribution is -0.141. The summed E-state index contributed by atoms with van der Waals surface area (Å²) < 4.78 is 4.50. The topological polar surface area (TPSA) is 95.9 Å². The van der Waals surface area contributed by atoms with E-state index in [1.54, 1.807) is 13.8 Å². The normalized spacial score (nSPS) is 11.5. The van der Waals surface area contributed by atoms with Crippen LogP contribution in [0.2, 0.25) is 0 Å². The molecule has 0 spiro atoms. The van der Waals surface area contributed by atoms with Gasteiger partial charge in [-0.3, -0.25) is 9.59 Å². The first-order valence-electron chi connectivity index (χ1n) is 6.24. The van der Waals surface area contributed by atoms with Crippen LogP contribution in [0.4, 0.5) is 4.79 Å². The highest BCUT2D eigenvalue weighted by Gasteiger charge is 2.17. The predicted molar refractivity (Wildman–Crippen MR) is 68.7 cm³/mol.